The van der Waals surface area contributed by atoms with Gasteiger partial charge >= 0.3 is 17.9 Å². The van der Waals surface area contributed by atoms with Crippen molar-refractivity contribution in [1.29, 1.82) is 0 Å². The summed E-state index contributed by atoms with van der Waals surface area (Å²) in [6.45, 7) is 6.67. The van der Waals surface area contributed by atoms with Crippen LogP contribution in [0.5, 0.6) is 0 Å². The Morgan fingerprint density at radius 2 is 0.480 bits per heavy atom. The van der Waals surface area contributed by atoms with E-state index in [1.165, 1.54) is 257 Å². The van der Waals surface area contributed by atoms with E-state index in [2.05, 4.69) is 57.2 Å². The van der Waals surface area contributed by atoms with Gasteiger partial charge in [-0.1, -0.05) is 308 Å². The monoisotopic (exact) mass is 1050 g/mol. The predicted molar refractivity (Wildman–Crippen MR) is 326 cm³/mol. The summed E-state index contributed by atoms with van der Waals surface area (Å²) in [5, 5.41) is 0. The van der Waals surface area contributed by atoms with Crippen molar-refractivity contribution in [3.63, 3.8) is 0 Å². The van der Waals surface area contributed by atoms with Gasteiger partial charge in [-0.3, -0.25) is 14.4 Å². The minimum Gasteiger partial charge on any atom is -0.462 e. The van der Waals surface area contributed by atoms with Crippen LogP contribution >= 0.6 is 0 Å². The molecule has 0 N–H and O–H groups in total. The van der Waals surface area contributed by atoms with E-state index in [-0.39, 0.29) is 31.1 Å². The molecule has 75 heavy (non-hydrogen) atoms. The van der Waals surface area contributed by atoms with Crippen molar-refractivity contribution < 1.29 is 28.6 Å². The molecule has 0 rings (SSSR count). The van der Waals surface area contributed by atoms with Crippen molar-refractivity contribution in [2.45, 2.75) is 374 Å². The summed E-state index contributed by atoms with van der Waals surface area (Å²) in [4.78, 5) is 38.4. The van der Waals surface area contributed by atoms with Crippen molar-refractivity contribution >= 4 is 17.9 Å². The molecule has 0 saturated carbocycles. The highest BCUT2D eigenvalue weighted by atomic mass is 16.6. The van der Waals surface area contributed by atoms with E-state index < -0.39 is 6.10 Å². The number of ether oxygens (including phenoxy) is 3. The molecule has 0 aliphatic rings. The SMILES string of the molecule is CCCCC/C=C\C/C=C\CCCCCCCCCCCC(=O)OC(COC(=O)CCCCCCC/C=C\CCCCCCCCC)COC(=O)CCCCCCCCCCCCCCCCCCCCCCCC. The maximum Gasteiger partial charge on any atom is 0.306 e. The molecular formula is C69H128O6. The molecule has 0 spiro atoms. The van der Waals surface area contributed by atoms with Gasteiger partial charge in [0, 0.05) is 19.3 Å². The van der Waals surface area contributed by atoms with E-state index in [1.54, 1.807) is 0 Å². The molecule has 0 aromatic heterocycles. The molecule has 0 aromatic rings. The molecule has 0 heterocycles. The number of hydrogen-bond acceptors (Lipinski definition) is 6. The van der Waals surface area contributed by atoms with Crippen molar-refractivity contribution in [3.05, 3.63) is 36.5 Å². The summed E-state index contributed by atoms with van der Waals surface area (Å²) < 4.78 is 17.0. The molecule has 1 atom stereocenters. The van der Waals surface area contributed by atoms with Crippen molar-refractivity contribution in [3.8, 4) is 0 Å². The van der Waals surface area contributed by atoms with Gasteiger partial charge in [0.25, 0.3) is 0 Å². The van der Waals surface area contributed by atoms with Gasteiger partial charge in [0.05, 0.1) is 0 Å². The largest absolute Gasteiger partial charge is 0.462 e. The first-order chi connectivity index (χ1) is 37.0. The highest BCUT2D eigenvalue weighted by Gasteiger charge is 2.19. The first-order valence-electron chi connectivity index (χ1n) is 33.5. The molecule has 0 bridgehead atoms. The second kappa shape index (κ2) is 64.2. The lowest BCUT2D eigenvalue weighted by Gasteiger charge is -2.18. The van der Waals surface area contributed by atoms with Crippen LogP contribution in [0.15, 0.2) is 36.5 Å². The Morgan fingerprint density at radius 1 is 0.267 bits per heavy atom. The van der Waals surface area contributed by atoms with Crippen LogP contribution in [0.25, 0.3) is 0 Å². The highest BCUT2D eigenvalue weighted by Crippen LogP contribution is 2.18. The average molecular weight is 1050 g/mol. The summed E-state index contributed by atoms with van der Waals surface area (Å²) in [6.07, 6.45) is 78.7. The Bertz CT molecular complexity index is 1250. The number of rotatable bonds is 62. The summed E-state index contributed by atoms with van der Waals surface area (Å²) >= 11 is 0. The summed E-state index contributed by atoms with van der Waals surface area (Å²) in [6, 6.07) is 0. The minimum atomic E-state index is -0.776. The quantitative estimate of drug-likeness (QED) is 0.0261. The van der Waals surface area contributed by atoms with Crippen LogP contribution in [-0.2, 0) is 28.6 Å². The number of carbonyl (C=O) groups excluding carboxylic acids is 3. The van der Waals surface area contributed by atoms with Gasteiger partial charge in [-0.2, -0.15) is 0 Å². The van der Waals surface area contributed by atoms with Gasteiger partial charge in [-0.05, 0) is 77.0 Å². The average Bonchev–Trinajstić information content (AvgIpc) is 3.41. The lowest BCUT2D eigenvalue weighted by atomic mass is 10.0. The van der Waals surface area contributed by atoms with Crippen LogP contribution in [0.3, 0.4) is 0 Å². The van der Waals surface area contributed by atoms with Crippen LogP contribution in [0.1, 0.15) is 367 Å². The molecule has 0 saturated heterocycles. The maximum atomic E-state index is 12.9. The number of hydrogen-bond donors (Lipinski definition) is 0. The zero-order valence-corrected chi connectivity index (χ0v) is 50.6. The lowest BCUT2D eigenvalue weighted by Crippen LogP contribution is -2.30. The Kier molecular flexibility index (Phi) is 62.1. The smallest absolute Gasteiger partial charge is 0.306 e. The number of unbranched alkanes of at least 4 members (excludes halogenated alkanes) is 45. The third-order valence-electron chi connectivity index (χ3n) is 15.1. The summed E-state index contributed by atoms with van der Waals surface area (Å²) in [5.74, 6) is -0.859. The van der Waals surface area contributed by atoms with Crippen LogP contribution in [-0.4, -0.2) is 37.2 Å². The van der Waals surface area contributed by atoms with Gasteiger partial charge in [-0.25, -0.2) is 0 Å². The van der Waals surface area contributed by atoms with Gasteiger partial charge in [0.1, 0.15) is 13.2 Å². The molecule has 0 aliphatic carbocycles. The van der Waals surface area contributed by atoms with Crippen LogP contribution in [0.4, 0.5) is 0 Å². The molecule has 0 amide bonds. The number of esters is 3. The third-order valence-corrected chi connectivity index (χ3v) is 15.1. The third kappa shape index (κ3) is 62.4. The van der Waals surface area contributed by atoms with E-state index in [0.29, 0.717) is 19.3 Å². The Balaban J connectivity index is 4.31. The van der Waals surface area contributed by atoms with Crippen LogP contribution in [0.2, 0.25) is 0 Å². The number of allylic oxidation sites excluding steroid dienone is 6. The van der Waals surface area contributed by atoms with Gasteiger partial charge in [0.2, 0.25) is 0 Å². The molecular weight excluding hydrogens is 925 g/mol. The fourth-order valence-electron chi connectivity index (χ4n) is 10.1. The molecule has 6 heteroatoms. The Hall–Kier alpha value is -2.37. The standard InChI is InChI=1S/C69H128O6/c1-4-7-10-13-16-19-22-25-28-31-33-34-35-37-38-41-44-47-50-53-56-59-62-68(71)74-65-66(64-73-67(70)61-58-55-52-49-46-43-40-30-27-24-21-18-15-12-9-6-3)75-69(72)63-60-57-54-51-48-45-42-39-36-32-29-26-23-20-17-14-11-8-5-2/h17,20,26,29-30,40,66H,4-16,18-19,21-25,27-28,31-39,41-65H2,1-3H3/b20-17-,29-26-,40-30-. The molecule has 0 radical (unpaired) electrons. The van der Waals surface area contributed by atoms with E-state index in [0.717, 1.165) is 70.6 Å². The molecule has 0 aliphatic heterocycles. The van der Waals surface area contributed by atoms with Gasteiger partial charge < -0.3 is 14.2 Å². The van der Waals surface area contributed by atoms with Crippen LogP contribution < -0.4 is 0 Å². The van der Waals surface area contributed by atoms with E-state index in [1.807, 2.05) is 0 Å². The first kappa shape index (κ1) is 72.6. The van der Waals surface area contributed by atoms with Crippen molar-refractivity contribution in [2.24, 2.45) is 0 Å². The molecule has 1 unspecified atom stereocenters. The second-order valence-corrected chi connectivity index (χ2v) is 22.7. The topological polar surface area (TPSA) is 78.9 Å². The summed E-state index contributed by atoms with van der Waals surface area (Å²) in [5.41, 5.74) is 0. The van der Waals surface area contributed by atoms with E-state index in [4.69, 9.17) is 14.2 Å². The van der Waals surface area contributed by atoms with Gasteiger partial charge in [-0.15, -0.1) is 0 Å². The van der Waals surface area contributed by atoms with E-state index in [9.17, 15) is 14.4 Å². The zero-order valence-electron chi connectivity index (χ0n) is 50.6. The fraction of sp³-hybridized carbons (Fsp3) is 0.870. The van der Waals surface area contributed by atoms with E-state index >= 15 is 0 Å². The Morgan fingerprint density at radius 3 is 0.773 bits per heavy atom. The fourth-order valence-corrected chi connectivity index (χ4v) is 10.1. The number of carbonyl (C=O) groups is 3. The lowest BCUT2D eigenvalue weighted by molar-refractivity contribution is -0.167. The van der Waals surface area contributed by atoms with Crippen molar-refractivity contribution in [1.82, 2.24) is 0 Å². The molecule has 0 fully saturated rings. The maximum absolute atomic E-state index is 12.9. The van der Waals surface area contributed by atoms with Gasteiger partial charge in [0.15, 0.2) is 6.10 Å². The second-order valence-electron chi connectivity index (χ2n) is 22.7. The Labute approximate surface area is 467 Å². The highest BCUT2D eigenvalue weighted by molar-refractivity contribution is 5.71. The minimum absolute atomic E-state index is 0.0719. The van der Waals surface area contributed by atoms with Crippen LogP contribution in [0, 0.1) is 0 Å². The first-order valence-corrected chi connectivity index (χ1v) is 33.5. The molecule has 0 aromatic carbocycles. The summed E-state index contributed by atoms with van der Waals surface area (Å²) in [7, 11) is 0. The predicted octanol–water partition coefficient (Wildman–Crippen LogP) is 22.8. The molecule has 440 valence electrons. The zero-order chi connectivity index (χ0) is 54.3. The molecule has 6 nitrogen and oxygen atoms in total. The van der Waals surface area contributed by atoms with Crippen molar-refractivity contribution in [2.75, 3.05) is 13.2 Å². The normalized spacial score (nSPS) is 12.2.